The molecule has 1 unspecified atom stereocenters. The van der Waals surface area contributed by atoms with Crippen molar-refractivity contribution in [2.75, 3.05) is 6.54 Å². The second-order valence-electron chi connectivity index (χ2n) is 6.89. The van der Waals surface area contributed by atoms with Gasteiger partial charge in [-0.2, -0.15) is 5.10 Å². The average Bonchev–Trinajstić information content (AvgIpc) is 3.20. The van der Waals surface area contributed by atoms with Crippen LogP contribution < -0.4 is 5.32 Å². The maximum Gasteiger partial charge on any atom is 0.308 e. The summed E-state index contributed by atoms with van der Waals surface area (Å²) >= 11 is 0. The summed E-state index contributed by atoms with van der Waals surface area (Å²) in [6, 6.07) is 13.3. The molecule has 3 aromatic rings. The molecule has 0 fully saturated rings. The van der Waals surface area contributed by atoms with Crippen LogP contribution in [0.5, 0.6) is 0 Å². The van der Waals surface area contributed by atoms with E-state index in [2.05, 4.69) is 10.4 Å². The van der Waals surface area contributed by atoms with E-state index in [0.717, 1.165) is 17.0 Å². The van der Waals surface area contributed by atoms with Crippen molar-refractivity contribution in [3.8, 4) is 5.82 Å². The molecule has 1 atom stereocenters. The Bertz CT molecular complexity index is 969. The van der Waals surface area contributed by atoms with Gasteiger partial charge >= 0.3 is 5.97 Å². The highest BCUT2D eigenvalue weighted by atomic mass is 16.4. The lowest BCUT2D eigenvalue weighted by Gasteiger charge is -2.15. The molecule has 28 heavy (non-hydrogen) atoms. The number of benzene rings is 1. The minimum atomic E-state index is -0.937. The van der Waals surface area contributed by atoms with Gasteiger partial charge in [0.1, 0.15) is 11.4 Å². The molecule has 0 aliphatic rings. The third-order valence-electron chi connectivity index (χ3n) is 4.82. The van der Waals surface area contributed by atoms with Crippen molar-refractivity contribution in [3.05, 3.63) is 71.2 Å². The van der Waals surface area contributed by atoms with E-state index >= 15 is 0 Å². The highest BCUT2D eigenvalue weighted by Gasteiger charge is 2.23. The molecule has 1 amide bonds. The summed E-state index contributed by atoms with van der Waals surface area (Å²) in [7, 11) is 1.78. The van der Waals surface area contributed by atoms with Gasteiger partial charge in [0.25, 0.3) is 5.91 Å². The molecule has 7 heteroatoms. The van der Waals surface area contributed by atoms with Crippen LogP contribution in [-0.2, 0) is 18.3 Å². The molecule has 0 saturated carbocycles. The van der Waals surface area contributed by atoms with E-state index in [1.807, 2.05) is 60.9 Å². The quantitative estimate of drug-likeness (QED) is 0.659. The molecule has 1 aromatic carbocycles. The van der Waals surface area contributed by atoms with E-state index in [4.69, 9.17) is 0 Å². The molecule has 2 N–H and O–H groups in total. The van der Waals surface area contributed by atoms with Crippen LogP contribution >= 0.6 is 0 Å². The number of amides is 1. The lowest BCUT2D eigenvalue weighted by molar-refractivity contribution is -0.141. The zero-order valence-electron chi connectivity index (χ0n) is 16.2. The van der Waals surface area contributed by atoms with Crippen LogP contribution in [0.25, 0.3) is 5.82 Å². The van der Waals surface area contributed by atoms with Gasteiger partial charge in [-0.15, -0.1) is 0 Å². The summed E-state index contributed by atoms with van der Waals surface area (Å²) < 4.78 is 3.61. The summed E-state index contributed by atoms with van der Waals surface area (Å²) in [5, 5.41) is 16.5. The number of carbonyl (C=O) groups is 2. The summed E-state index contributed by atoms with van der Waals surface area (Å²) in [4.78, 5) is 24.4. The summed E-state index contributed by atoms with van der Waals surface area (Å²) in [5.74, 6) is -1.32. The van der Waals surface area contributed by atoms with Gasteiger partial charge in [0.05, 0.1) is 12.1 Å². The number of aryl methyl sites for hydroxylation is 3. The van der Waals surface area contributed by atoms with Crippen LogP contribution in [0.3, 0.4) is 0 Å². The van der Waals surface area contributed by atoms with Crippen molar-refractivity contribution >= 4 is 11.9 Å². The standard InChI is InChI=1S/C21H24N4O3/c1-14-9-10-15(2)25(14)20-18(13-23-24(20)3)19(26)22-12-17(21(27)28)11-16-7-5-4-6-8-16/h4-10,13,17H,11-12H2,1-3H3,(H,22,26)(H,27,28). The summed E-state index contributed by atoms with van der Waals surface area (Å²) in [5.41, 5.74) is 3.31. The predicted molar refractivity (Wildman–Crippen MR) is 106 cm³/mol. The number of aliphatic carboxylic acids is 1. The van der Waals surface area contributed by atoms with Gasteiger partial charge in [0.15, 0.2) is 0 Å². The fourth-order valence-electron chi connectivity index (χ4n) is 3.32. The fraction of sp³-hybridized carbons (Fsp3) is 0.286. The number of carboxylic acid groups (broad SMARTS) is 1. The van der Waals surface area contributed by atoms with Crippen molar-refractivity contribution in [1.82, 2.24) is 19.7 Å². The minimum absolute atomic E-state index is 0.0427. The van der Waals surface area contributed by atoms with Crippen LogP contribution in [0.4, 0.5) is 0 Å². The Balaban J connectivity index is 1.77. The molecule has 0 aliphatic heterocycles. The number of carbonyl (C=O) groups excluding carboxylic acids is 1. The van der Waals surface area contributed by atoms with Crippen LogP contribution in [0, 0.1) is 19.8 Å². The van der Waals surface area contributed by atoms with E-state index in [0.29, 0.717) is 17.8 Å². The summed E-state index contributed by atoms with van der Waals surface area (Å²) in [6.45, 7) is 3.96. The number of aromatic nitrogens is 3. The highest BCUT2D eigenvalue weighted by molar-refractivity contribution is 5.97. The average molecular weight is 380 g/mol. The Morgan fingerprint density at radius 2 is 1.75 bits per heavy atom. The first kappa shape index (κ1) is 19.4. The van der Waals surface area contributed by atoms with Gasteiger partial charge in [0, 0.05) is 25.0 Å². The van der Waals surface area contributed by atoms with Crippen LogP contribution in [0.2, 0.25) is 0 Å². The Morgan fingerprint density at radius 1 is 1.11 bits per heavy atom. The zero-order valence-corrected chi connectivity index (χ0v) is 16.2. The third kappa shape index (κ3) is 3.98. The molecule has 0 spiro atoms. The SMILES string of the molecule is Cc1ccc(C)n1-c1c(C(=O)NCC(Cc2ccccc2)C(=O)O)cnn1C. The topological polar surface area (TPSA) is 89.2 Å². The van der Waals surface area contributed by atoms with Gasteiger partial charge in [-0.3, -0.25) is 14.3 Å². The first-order valence-corrected chi connectivity index (χ1v) is 9.10. The lowest BCUT2D eigenvalue weighted by Crippen LogP contribution is -2.34. The van der Waals surface area contributed by atoms with Crippen LogP contribution in [-0.4, -0.2) is 37.9 Å². The highest BCUT2D eigenvalue weighted by Crippen LogP contribution is 2.20. The largest absolute Gasteiger partial charge is 0.481 e. The molecule has 0 radical (unpaired) electrons. The van der Waals surface area contributed by atoms with Crippen LogP contribution in [0.15, 0.2) is 48.7 Å². The fourth-order valence-corrected chi connectivity index (χ4v) is 3.32. The zero-order chi connectivity index (χ0) is 20.3. The molecule has 2 aromatic heterocycles. The van der Waals surface area contributed by atoms with E-state index < -0.39 is 11.9 Å². The molecule has 7 nitrogen and oxygen atoms in total. The molecule has 0 saturated heterocycles. The predicted octanol–water partition coefficient (Wildman–Crippen LogP) is 2.50. The maximum atomic E-state index is 12.8. The van der Waals surface area contributed by atoms with Crippen molar-refractivity contribution < 1.29 is 14.7 Å². The second-order valence-corrected chi connectivity index (χ2v) is 6.89. The number of nitrogens with zero attached hydrogens (tertiary/aromatic N) is 3. The van der Waals surface area contributed by atoms with Crippen molar-refractivity contribution in [2.24, 2.45) is 13.0 Å². The van der Waals surface area contributed by atoms with Gasteiger partial charge in [-0.1, -0.05) is 30.3 Å². The van der Waals surface area contributed by atoms with E-state index in [-0.39, 0.29) is 12.5 Å². The Labute approximate surface area is 163 Å². The number of hydrogen-bond donors (Lipinski definition) is 2. The molecule has 0 bridgehead atoms. The molecule has 2 heterocycles. The van der Waals surface area contributed by atoms with Crippen LogP contribution in [0.1, 0.15) is 27.3 Å². The lowest BCUT2D eigenvalue weighted by atomic mass is 9.99. The van der Waals surface area contributed by atoms with Crippen molar-refractivity contribution in [2.45, 2.75) is 20.3 Å². The van der Waals surface area contributed by atoms with E-state index in [1.165, 1.54) is 6.20 Å². The van der Waals surface area contributed by atoms with Crippen molar-refractivity contribution in [1.29, 1.82) is 0 Å². The Kier molecular flexibility index (Phi) is 5.63. The smallest absolute Gasteiger partial charge is 0.308 e. The number of hydrogen-bond acceptors (Lipinski definition) is 3. The van der Waals surface area contributed by atoms with Gasteiger partial charge in [-0.25, -0.2) is 0 Å². The Morgan fingerprint density at radius 3 is 2.36 bits per heavy atom. The number of carboxylic acids is 1. The second kappa shape index (κ2) is 8.12. The molecule has 146 valence electrons. The Hall–Kier alpha value is -3.35. The van der Waals surface area contributed by atoms with Crippen molar-refractivity contribution in [3.63, 3.8) is 0 Å². The first-order valence-electron chi connectivity index (χ1n) is 9.10. The normalized spacial score (nSPS) is 12.0. The monoisotopic (exact) mass is 380 g/mol. The number of rotatable bonds is 7. The van der Waals surface area contributed by atoms with Gasteiger partial charge < -0.3 is 15.0 Å². The first-order chi connectivity index (χ1) is 13.4. The third-order valence-corrected chi connectivity index (χ3v) is 4.82. The molecule has 0 aliphatic carbocycles. The van der Waals surface area contributed by atoms with E-state index in [9.17, 15) is 14.7 Å². The molecular formula is C21H24N4O3. The van der Waals surface area contributed by atoms with Gasteiger partial charge in [-0.05, 0) is 38.0 Å². The molecular weight excluding hydrogens is 356 g/mol. The van der Waals surface area contributed by atoms with E-state index in [1.54, 1.807) is 11.7 Å². The summed E-state index contributed by atoms with van der Waals surface area (Å²) in [6.07, 6.45) is 1.86. The minimum Gasteiger partial charge on any atom is -0.481 e. The molecule has 3 rings (SSSR count). The van der Waals surface area contributed by atoms with Gasteiger partial charge in [0.2, 0.25) is 0 Å². The number of nitrogens with one attached hydrogen (secondary N) is 1. The maximum absolute atomic E-state index is 12.8.